The molecule has 0 bridgehead atoms. The molecule has 3 atom stereocenters. The van der Waals surface area contributed by atoms with Crippen LogP contribution >= 0.6 is 0 Å². The largest absolute Gasteiger partial charge is 0.307 e. The second-order valence-corrected chi connectivity index (χ2v) is 8.56. The Labute approximate surface area is 125 Å². The quantitative estimate of drug-likeness (QED) is 0.853. The summed E-state index contributed by atoms with van der Waals surface area (Å²) in [5, 5.41) is 3.58. The third-order valence-electron chi connectivity index (χ3n) is 4.73. The Morgan fingerprint density at radius 1 is 1.24 bits per heavy atom. The number of halogens is 1. The molecule has 1 aliphatic heterocycles. The van der Waals surface area contributed by atoms with Crippen LogP contribution in [-0.2, 0) is 9.84 Å². The summed E-state index contributed by atoms with van der Waals surface area (Å²) in [5.41, 5.74) is 0.611. The monoisotopic (exact) mass is 311 g/mol. The van der Waals surface area contributed by atoms with Crippen LogP contribution < -0.4 is 5.32 Å². The summed E-state index contributed by atoms with van der Waals surface area (Å²) < 4.78 is 37.8. The van der Waals surface area contributed by atoms with Crippen molar-refractivity contribution in [2.75, 3.05) is 5.75 Å². The highest BCUT2D eigenvalue weighted by molar-refractivity contribution is 7.91. The Morgan fingerprint density at radius 3 is 2.81 bits per heavy atom. The highest BCUT2D eigenvalue weighted by Gasteiger charge is 2.32. The number of hydrogen-bond acceptors (Lipinski definition) is 3. The van der Waals surface area contributed by atoms with Crippen LogP contribution in [0.5, 0.6) is 0 Å². The first-order valence-electron chi connectivity index (χ1n) is 7.74. The number of rotatable bonds is 2. The molecule has 0 saturated heterocycles. The third-order valence-corrected chi connectivity index (χ3v) is 6.55. The van der Waals surface area contributed by atoms with Crippen molar-refractivity contribution < 1.29 is 12.8 Å². The second kappa shape index (κ2) is 5.69. The van der Waals surface area contributed by atoms with Gasteiger partial charge in [0.2, 0.25) is 0 Å². The van der Waals surface area contributed by atoms with Gasteiger partial charge in [-0.25, -0.2) is 12.8 Å². The molecule has 5 heteroatoms. The smallest absolute Gasteiger partial charge is 0.178 e. The van der Waals surface area contributed by atoms with Gasteiger partial charge in [0.05, 0.1) is 10.6 Å². The van der Waals surface area contributed by atoms with E-state index in [0.717, 1.165) is 12.8 Å². The van der Waals surface area contributed by atoms with Crippen LogP contribution in [0.25, 0.3) is 0 Å². The normalized spacial score (nSPS) is 31.6. The fourth-order valence-electron chi connectivity index (χ4n) is 3.66. The number of nitrogens with one attached hydrogen (secondary N) is 1. The van der Waals surface area contributed by atoms with Gasteiger partial charge in [-0.2, -0.15) is 0 Å². The molecule has 0 amide bonds. The SMILES string of the molecule is CC1CCCC(NC2CCS(=O)(=O)c3ccc(F)cc32)C1. The zero-order chi connectivity index (χ0) is 15.0. The Hall–Kier alpha value is -0.940. The first-order chi connectivity index (χ1) is 9.95. The Balaban J connectivity index is 1.86. The molecule has 1 fully saturated rings. The summed E-state index contributed by atoms with van der Waals surface area (Å²) >= 11 is 0. The topological polar surface area (TPSA) is 46.2 Å². The lowest BCUT2D eigenvalue weighted by atomic mass is 9.86. The summed E-state index contributed by atoms with van der Waals surface area (Å²) in [5.74, 6) is 0.483. The molecule has 0 radical (unpaired) electrons. The molecular formula is C16H22FNO2S. The lowest BCUT2D eigenvalue weighted by Gasteiger charge is -2.34. The molecule has 1 aromatic carbocycles. The predicted molar refractivity (Wildman–Crippen MR) is 80.4 cm³/mol. The van der Waals surface area contributed by atoms with Gasteiger partial charge in [0.15, 0.2) is 9.84 Å². The first kappa shape index (κ1) is 15.0. The molecule has 1 aliphatic carbocycles. The van der Waals surface area contributed by atoms with E-state index in [1.807, 2.05) is 0 Å². The lowest BCUT2D eigenvalue weighted by molar-refractivity contribution is 0.276. The van der Waals surface area contributed by atoms with Gasteiger partial charge < -0.3 is 5.32 Å². The fourth-order valence-corrected chi connectivity index (χ4v) is 5.26. The molecule has 116 valence electrons. The van der Waals surface area contributed by atoms with E-state index in [4.69, 9.17) is 0 Å². The predicted octanol–water partition coefficient (Wildman–Crippen LogP) is 3.21. The van der Waals surface area contributed by atoms with Crippen LogP contribution in [0.4, 0.5) is 4.39 Å². The van der Waals surface area contributed by atoms with Gasteiger partial charge in [-0.05, 0) is 48.9 Å². The minimum atomic E-state index is -3.25. The number of benzene rings is 1. The molecule has 0 spiro atoms. The fraction of sp³-hybridized carbons (Fsp3) is 0.625. The van der Waals surface area contributed by atoms with Crippen molar-refractivity contribution in [1.29, 1.82) is 0 Å². The minimum Gasteiger partial charge on any atom is -0.307 e. The summed E-state index contributed by atoms with van der Waals surface area (Å²) in [6.07, 6.45) is 5.25. The minimum absolute atomic E-state index is 0.0467. The zero-order valence-corrected chi connectivity index (χ0v) is 13.1. The van der Waals surface area contributed by atoms with Crippen LogP contribution in [0, 0.1) is 11.7 Å². The van der Waals surface area contributed by atoms with E-state index >= 15 is 0 Å². The highest BCUT2D eigenvalue weighted by atomic mass is 32.2. The standard InChI is InChI=1S/C16H22FNO2S/c1-11-3-2-4-13(9-11)18-15-7-8-21(19,20)16-6-5-12(17)10-14(15)16/h5-6,10-11,13,15,18H,2-4,7-9H2,1H3. The van der Waals surface area contributed by atoms with Crippen molar-refractivity contribution in [1.82, 2.24) is 5.32 Å². The van der Waals surface area contributed by atoms with Crippen LogP contribution in [-0.4, -0.2) is 20.2 Å². The molecule has 1 aromatic rings. The zero-order valence-electron chi connectivity index (χ0n) is 12.3. The second-order valence-electron chi connectivity index (χ2n) is 6.48. The number of hydrogen-bond donors (Lipinski definition) is 1. The average Bonchev–Trinajstić information content (AvgIpc) is 2.42. The van der Waals surface area contributed by atoms with E-state index in [0.29, 0.717) is 28.8 Å². The molecule has 1 saturated carbocycles. The van der Waals surface area contributed by atoms with E-state index in [1.165, 1.54) is 31.0 Å². The molecule has 3 unspecified atom stereocenters. The Kier molecular flexibility index (Phi) is 4.06. The number of sulfone groups is 1. The lowest BCUT2D eigenvalue weighted by Crippen LogP contribution is -2.39. The maximum atomic E-state index is 13.5. The van der Waals surface area contributed by atoms with Crippen molar-refractivity contribution in [3.8, 4) is 0 Å². The van der Waals surface area contributed by atoms with Crippen molar-refractivity contribution in [2.45, 2.75) is 56.0 Å². The van der Waals surface area contributed by atoms with Crippen LogP contribution in [0.15, 0.2) is 23.1 Å². The van der Waals surface area contributed by atoms with Crippen molar-refractivity contribution in [2.24, 2.45) is 5.92 Å². The van der Waals surface area contributed by atoms with Gasteiger partial charge in [0.25, 0.3) is 0 Å². The molecule has 3 nitrogen and oxygen atoms in total. The summed E-state index contributed by atoms with van der Waals surface area (Å²) in [7, 11) is -3.25. The first-order valence-corrected chi connectivity index (χ1v) is 9.39. The van der Waals surface area contributed by atoms with Gasteiger partial charge in [-0.3, -0.25) is 0 Å². The van der Waals surface area contributed by atoms with E-state index in [2.05, 4.69) is 12.2 Å². The maximum absolute atomic E-state index is 13.5. The Bertz CT molecular complexity index is 629. The van der Waals surface area contributed by atoms with Gasteiger partial charge in [0, 0.05) is 12.1 Å². The molecule has 0 aromatic heterocycles. The molecule has 21 heavy (non-hydrogen) atoms. The molecular weight excluding hydrogens is 289 g/mol. The summed E-state index contributed by atoms with van der Waals surface area (Å²) in [4.78, 5) is 0.302. The van der Waals surface area contributed by atoms with Crippen molar-refractivity contribution in [3.05, 3.63) is 29.6 Å². The summed E-state index contributed by atoms with van der Waals surface area (Å²) in [6.45, 7) is 2.26. The Morgan fingerprint density at radius 2 is 2.05 bits per heavy atom. The van der Waals surface area contributed by atoms with E-state index in [9.17, 15) is 12.8 Å². The van der Waals surface area contributed by atoms with Crippen LogP contribution in [0.1, 0.15) is 50.6 Å². The van der Waals surface area contributed by atoms with Crippen molar-refractivity contribution in [3.63, 3.8) is 0 Å². The van der Waals surface area contributed by atoms with Gasteiger partial charge in [0.1, 0.15) is 5.82 Å². The highest BCUT2D eigenvalue weighted by Crippen LogP contribution is 2.34. The van der Waals surface area contributed by atoms with Crippen LogP contribution in [0.2, 0.25) is 0 Å². The molecule has 3 rings (SSSR count). The average molecular weight is 311 g/mol. The molecule has 2 aliphatic rings. The number of fused-ring (bicyclic) bond motifs is 1. The van der Waals surface area contributed by atoms with Crippen LogP contribution in [0.3, 0.4) is 0 Å². The van der Waals surface area contributed by atoms with Gasteiger partial charge in [-0.15, -0.1) is 0 Å². The maximum Gasteiger partial charge on any atom is 0.178 e. The molecule has 1 N–H and O–H groups in total. The van der Waals surface area contributed by atoms with Crippen molar-refractivity contribution >= 4 is 9.84 Å². The van der Waals surface area contributed by atoms with Gasteiger partial charge >= 0.3 is 0 Å². The van der Waals surface area contributed by atoms with E-state index in [-0.39, 0.29) is 17.6 Å². The summed E-state index contributed by atoms with van der Waals surface area (Å²) in [6, 6.07) is 4.40. The molecule has 1 heterocycles. The third kappa shape index (κ3) is 3.14. The van der Waals surface area contributed by atoms with E-state index < -0.39 is 9.84 Å². The van der Waals surface area contributed by atoms with E-state index in [1.54, 1.807) is 0 Å². The van der Waals surface area contributed by atoms with Gasteiger partial charge in [-0.1, -0.05) is 19.8 Å².